The first-order valence-electron chi connectivity index (χ1n) is 13.3. The van der Waals surface area contributed by atoms with Crippen molar-refractivity contribution in [3.05, 3.63) is 89.1 Å². The second-order valence-electron chi connectivity index (χ2n) is 10.1. The monoisotopic (exact) mass is 511 g/mol. The largest absolute Gasteiger partial charge is 0.494 e. The van der Waals surface area contributed by atoms with Gasteiger partial charge in [-0.2, -0.15) is 0 Å². The molecule has 37 heavy (non-hydrogen) atoms. The lowest BCUT2D eigenvalue weighted by Gasteiger charge is -2.22. The summed E-state index contributed by atoms with van der Waals surface area (Å²) in [5.41, 5.74) is 4.97. The van der Waals surface area contributed by atoms with E-state index in [1.54, 1.807) is 11.3 Å². The van der Waals surface area contributed by atoms with Gasteiger partial charge in [-0.3, -0.25) is 4.79 Å². The minimum Gasteiger partial charge on any atom is -0.494 e. The van der Waals surface area contributed by atoms with E-state index in [1.165, 1.54) is 18.4 Å². The number of hydrogen-bond acceptors (Lipinski definition) is 4. The lowest BCUT2D eigenvalue weighted by Crippen LogP contribution is -2.28. The number of carbonyl (C=O) groups excluding carboxylic acids is 1. The Balaban J connectivity index is 1.13. The van der Waals surface area contributed by atoms with Crippen LogP contribution in [0.5, 0.6) is 5.75 Å². The Labute approximate surface area is 221 Å². The molecule has 6 rings (SSSR count). The fourth-order valence-corrected chi connectivity index (χ4v) is 6.38. The van der Waals surface area contributed by atoms with E-state index >= 15 is 0 Å². The van der Waals surface area contributed by atoms with Gasteiger partial charge in [0, 0.05) is 36.3 Å². The summed E-state index contributed by atoms with van der Waals surface area (Å²) < 4.78 is 11.4. The number of hydrogen-bond donors (Lipinski definition) is 1. The third-order valence-corrected chi connectivity index (χ3v) is 8.60. The minimum atomic E-state index is 0.0758. The number of rotatable bonds is 9. The van der Waals surface area contributed by atoms with Crippen LogP contribution in [0, 0.1) is 5.92 Å². The first-order valence-corrected chi connectivity index (χ1v) is 14.1. The number of ketones is 1. The molecule has 1 fully saturated rings. The van der Waals surface area contributed by atoms with Crippen LogP contribution in [0.1, 0.15) is 40.9 Å². The molecule has 2 aromatic carbocycles. The highest BCUT2D eigenvalue weighted by atomic mass is 32.1. The molecule has 6 heteroatoms. The molecule has 0 saturated carbocycles. The van der Waals surface area contributed by atoms with Crippen LogP contribution in [-0.2, 0) is 20.0 Å². The molecular formula is C31H33N3O2S. The summed E-state index contributed by atoms with van der Waals surface area (Å²) in [4.78, 5) is 13.6. The number of nitrogens with zero attached hydrogens (tertiary/aromatic N) is 2. The molecule has 5 nitrogen and oxygen atoms in total. The molecule has 0 amide bonds. The van der Waals surface area contributed by atoms with Crippen molar-refractivity contribution in [2.45, 2.75) is 32.2 Å². The molecule has 5 aromatic rings. The van der Waals surface area contributed by atoms with Gasteiger partial charge >= 0.3 is 0 Å². The molecule has 1 aliphatic heterocycles. The van der Waals surface area contributed by atoms with Crippen LogP contribution in [0.4, 0.5) is 0 Å². The van der Waals surface area contributed by atoms with Gasteiger partial charge in [-0.25, -0.2) is 0 Å². The van der Waals surface area contributed by atoms with Gasteiger partial charge in [-0.1, -0.05) is 30.3 Å². The third kappa shape index (κ3) is 4.96. The smallest absolute Gasteiger partial charge is 0.211 e. The standard InChI is InChI=1S/C31H33N3O2S/c1-33-28-14-19-37-30(28)20-29(33)31(35)26-21-34(27-5-3-2-4-25(26)27)17-12-22-6-8-24(9-7-22)36-18-13-23-10-15-32-16-11-23/h2-9,14,19-21,23,32H,10-13,15-18H2,1H3. The summed E-state index contributed by atoms with van der Waals surface area (Å²) in [5, 5.41) is 6.50. The molecule has 1 aliphatic rings. The van der Waals surface area contributed by atoms with Gasteiger partial charge < -0.3 is 19.2 Å². The number of ether oxygens (including phenoxy) is 1. The highest BCUT2D eigenvalue weighted by Crippen LogP contribution is 2.29. The molecule has 0 spiro atoms. The highest BCUT2D eigenvalue weighted by molar-refractivity contribution is 7.17. The Morgan fingerprint density at radius 1 is 1.05 bits per heavy atom. The van der Waals surface area contributed by atoms with Crippen LogP contribution in [0.3, 0.4) is 0 Å². The van der Waals surface area contributed by atoms with Gasteiger partial charge in [0.15, 0.2) is 0 Å². The topological polar surface area (TPSA) is 48.2 Å². The van der Waals surface area contributed by atoms with Crippen molar-refractivity contribution in [2.24, 2.45) is 13.0 Å². The second-order valence-corrected chi connectivity index (χ2v) is 11.0. The SMILES string of the molecule is Cn1c(C(=O)c2cn(CCc3ccc(OCCC4CCNCC4)cc3)c3ccccc23)cc2sccc21. The zero-order valence-corrected chi connectivity index (χ0v) is 22.1. The van der Waals surface area contributed by atoms with E-state index in [0.29, 0.717) is 0 Å². The molecule has 0 radical (unpaired) electrons. The molecule has 0 aliphatic carbocycles. The maximum absolute atomic E-state index is 13.6. The van der Waals surface area contributed by atoms with Crippen molar-refractivity contribution in [2.75, 3.05) is 19.7 Å². The normalized spacial score (nSPS) is 14.5. The molecule has 4 heterocycles. The van der Waals surface area contributed by atoms with Crippen molar-refractivity contribution in [3.8, 4) is 5.75 Å². The molecule has 190 valence electrons. The minimum absolute atomic E-state index is 0.0758. The average molecular weight is 512 g/mol. The van der Waals surface area contributed by atoms with Crippen LogP contribution >= 0.6 is 11.3 Å². The van der Waals surface area contributed by atoms with Gasteiger partial charge in [-0.15, -0.1) is 11.3 Å². The molecule has 3 aromatic heterocycles. The van der Waals surface area contributed by atoms with Gasteiger partial charge in [0.05, 0.1) is 22.5 Å². The number of benzene rings is 2. The zero-order chi connectivity index (χ0) is 25.2. The summed E-state index contributed by atoms with van der Waals surface area (Å²) in [5.74, 6) is 1.80. The van der Waals surface area contributed by atoms with E-state index in [9.17, 15) is 4.79 Å². The van der Waals surface area contributed by atoms with Gasteiger partial charge in [0.25, 0.3) is 0 Å². The van der Waals surface area contributed by atoms with E-state index in [1.807, 2.05) is 36.0 Å². The summed E-state index contributed by atoms with van der Waals surface area (Å²) in [7, 11) is 1.97. The second kappa shape index (κ2) is 10.6. The number of piperidine rings is 1. The highest BCUT2D eigenvalue weighted by Gasteiger charge is 2.20. The third-order valence-electron chi connectivity index (χ3n) is 7.75. The molecule has 0 bridgehead atoms. The van der Waals surface area contributed by atoms with E-state index in [4.69, 9.17) is 4.74 Å². The quantitative estimate of drug-likeness (QED) is 0.232. The van der Waals surface area contributed by atoms with Gasteiger partial charge in [0.2, 0.25) is 5.78 Å². The number of carbonyl (C=O) groups is 1. The van der Waals surface area contributed by atoms with Gasteiger partial charge in [0.1, 0.15) is 5.75 Å². The number of aryl methyl sites for hydroxylation is 3. The van der Waals surface area contributed by atoms with Crippen LogP contribution in [0.2, 0.25) is 0 Å². The Morgan fingerprint density at radius 3 is 2.68 bits per heavy atom. The molecule has 0 unspecified atom stereocenters. The first-order chi connectivity index (χ1) is 18.2. The van der Waals surface area contributed by atoms with Crippen molar-refractivity contribution in [3.63, 3.8) is 0 Å². The van der Waals surface area contributed by atoms with Gasteiger partial charge in [-0.05, 0) is 86.0 Å². The van der Waals surface area contributed by atoms with Crippen LogP contribution < -0.4 is 10.1 Å². The molecular weight excluding hydrogens is 478 g/mol. The number of nitrogens with one attached hydrogen (secondary N) is 1. The van der Waals surface area contributed by atoms with Crippen molar-refractivity contribution >= 4 is 38.2 Å². The lowest BCUT2D eigenvalue weighted by atomic mass is 9.95. The predicted molar refractivity (Wildman–Crippen MR) is 152 cm³/mol. The lowest BCUT2D eigenvalue weighted by molar-refractivity contribution is 0.103. The predicted octanol–water partition coefficient (Wildman–Crippen LogP) is 6.44. The Bertz CT molecular complexity index is 1520. The van der Waals surface area contributed by atoms with Crippen molar-refractivity contribution in [1.82, 2.24) is 14.5 Å². The Kier molecular flexibility index (Phi) is 6.85. The van der Waals surface area contributed by atoms with E-state index in [2.05, 4.69) is 57.7 Å². The summed E-state index contributed by atoms with van der Waals surface area (Å²) >= 11 is 1.67. The van der Waals surface area contributed by atoms with E-state index in [0.717, 1.165) is 83.1 Å². The fourth-order valence-electron chi connectivity index (χ4n) is 5.53. The number of aromatic nitrogens is 2. The summed E-state index contributed by atoms with van der Waals surface area (Å²) in [6.07, 6.45) is 6.57. The van der Waals surface area contributed by atoms with Crippen LogP contribution in [0.15, 0.2) is 72.2 Å². The summed E-state index contributed by atoms with van der Waals surface area (Å²) in [6, 6.07) is 20.8. The van der Waals surface area contributed by atoms with E-state index in [-0.39, 0.29) is 5.78 Å². The average Bonchev–Trinajstić information content (AvgIpc) is 3.63. The number of thiophene rings is 1. The molecule has 1 saturated heterocycles. The van der Waals surface area contributed by atoms with E-state index < -0.39 is 0 Å². The molecule has 0 atom stereocenters. The Morgan fingerprint density at radius 2 is 1.86 bits per heavy atom. The first kappa shape index (κ1) is 24.0. The van der Waals surface area contributed by atoms with Crippen molar-refractivity contribution in [1.29, 1.82) is 0 Å². The molecule has 1 N–H and O–H groups in total. The number of fused-ring (bicyclic) bond motifs is 2. The summed E-state index contributed by atoms with van der Waals surface area (Å²) in [6.45, 7) is 3.87. The number of para-hydroxylation sites is 1. The van der Waals surface area contributed by atoms with Crippen LogP contribution in [0.25, 0.3) is 21.1 Å². The fraction of sp³-hybridized carbons (Fsp3) is 0.323. The van der Waals surface area contributed by atoms with Crippen molar-refractivity contribution < 1.29 is 9.53 Å². The zero-order valence-electron chi connectivity index (χ0n) is 21.3. The maximum Gasteiger partial charge on any atom is 0.211 e. The maximum atomic E-state index is 13.6. The Hall–Kier alpha value is -3.35. The van der Waals surface area contributed by atoms with Crippen LogP contribution in [-0.4, -0.2) is 34.6 Å².